The molecule has 0 spiro atoms. The summed E-state index contributed by atoms with van der Waals surface area (Å²) >= 11 is 1.73. The van der Waals surface area contributed by atoms with Gasteiger partial charge in [-0.2, -0.15) is 16.9 Å². The van der Waals surface area contributed by atoms with Gasteiger partial charge in [0.1, 0.15) is 23.9 Å². The molecule has 1 aromatic carbocycles. The van der Waals surface area contributed by atoms with E-state index in [9.17, 15) is 9.59 Å². The van der Waals surface area contributed by atoms with Crippen LogP contribution in [0, 0.1) is 0 Å². The topological polar surface area (TPSA) is 98.4 Å². The highest BCUT2D eigenvalue weighted by Crippen LogP contribution is 2.35. The minimum Gasteiger partial charge on any atom is -0.491 e. The number of nitrogens with one attached hydrogen (secondary N) is 2. The van der Waals surface area contributed by atoms with Crippen LogP contribution in [0.25, 0.3) is 0 Å². The number of furan rings is 1. The summed E-state index contributed by atoms with van der Waals surface area (Å²) in [6.07, 6.45) is 1.62. The number of hydrogen-bond acceptors (Lipinski definition) is 6. The first-order valence-electron chi connectivity index (χ1n) is 10.0. The fourth-order valence-corrected chi connectivity index (χ4v) is 4.28. The van der Waals surface area contributed by atoms with Gasteiger partial charge < -0.3 is 19.8 Å². The molecule has 0 bridgehead atoms. The number of fused-ring (bicyclic) bond motifs is 1. The van der Waals surface area contributed by atoms with Gasteiger partial charge >= 0.3 is 0 Å². The molecule has 3 aromatic rings. The number of thioether (sulfide) groups is 1. The van der Waals surface area contributed by atoms with Crippen molar-refractivity contribution in [2.75, 3.05) is 5.32 Å². The molecule has 8 nitrogen and oxygen atoms in total. The average molecular weight is 441 g/mol. The monoisotopic (exact) mass is 440 g/mol. The molecule has 0 fully saturated rings. The smallest absolute Gasteiger partial charge is 0.256 e. The first-order chi connectivity index (χ1) is 15.0. The van der Waals surface area contributed by atoms with Crippen molar-refractivity contribution in [3.8, 4) is 5.75 Å². The maximum absolute atomic E-state index is 12.9. The molecule has 3 heterocycles. The van der Waals surface area contributed by atoms with Crippen LogP contribution in [0.5, 0.6) is 5.75 Å². The van der Waals surface area contributed by atoms with E-state index in [1.165, 1.54) is 0 Å². The largest absolute Gasteiger partial charge is 0.491 e. The molecular weight excluding hydrogens is 416 g/mol. The van der Waals surface area contributed by atoms with Gasteiger partial charge in [0.15, 0.2) is 0 Å². The van der Waals surface area contributed by atoms with Crippen LogP contribution >= 0.6 is 11.8 Å². The Morgan fingerprint density at radius 2 is 2.03 bits per heavy atom. The van der Waals surface area contributed by atoms with Crippen molar-refractivity contribution >= 4 is 29.4 Å². The molecule has 4 rings (SSSR count). The highest BCUT2D eigenvalue weighted by atomic mass is 32.2. The Morgan fingerprint density at radius 1 is 1.23 bits per heavy atom. The Kier molecular flexibility index (Phi) is 6.31. The second-order valence-electron chi connectivity index (χ2n) is 7.43. The minimum absolute atomic E-state index is 0.00908. The number of nitrogens with zero attached hydrogens (tertiary/aromatic N) is 2. The molecule has 0 aliphatic carbocycles. The van der Waals surface area contributed by atoms with Crippen molar-refractivity contribution in [1.82, 2.24) is 15.1 Å². The first kappa shape index (κ1) is 21.0. The third-order valence-corrected chi connectivity index (χ3v) is 5.64. The fourth-order valence-electron chi connectivity index (χ4n) is 3.25. The van der Waals surface area contributed by atoms with Gasteiger partial charge in [-0.15, -0.1) is 0 Å². The minimum atomic E-state index is -0.257. The molecule has 2 aromatic heterocycles. The number of carbonyl (C=O) groups excluding carboxylic acids is 2. The maximum Gasteiger partial charge on any atom is 0.256 e. The molecule has 0 unspecified atom stereocenters. The van der Waals surface area contributed by atoms with Crippen LogP contribution in [0.15, 0.2) is 47.1 Å². The van der Waals surface area contributed by atoms with Gasteiger partial charge in [-0.3, -0.25) is 9.59 Å². The van der Waals surface area contributed by atoms with Crippen molar-refractivity contribution in [1.29, 1.82) is 0 Å². The summed E-state index contributed by atoms with van der Waals surface area (Å²) in [4.78, 5) is 25.3. The van der Waals surface area contributed by atoms with Crippen molar-refractivity contribution in [3.05, 3.63) is 65.2 Å². The zero-order chi connectivity index (χ0) is 21.8. The first-order valence-corrected chi connectivity index (χ1v) is 11.2. The number of benzene rings is 1. The quantitative estimate of drug-likeness (QED) is 0.556. The number of amides is 2. The van der Waals surface area contributed by atoms with Gasteiger partial charge in [0.05, 0.1) is 24.6 Å². The highest BCUT2D eigenvalue weighted by Gasteiger charge is 2.25. The van der Waals surface area contributed by atoms with E-state index in [4.69, 9.17) is 9.15 Å². The highest BCUT2D eigenvalue weighted by molar-refractivity contribution is 7.98. The normalized spacial score (nSPS) is 12.6. The lowest BCUT2D eigenvalue weighted by atomic mass is 10.2. The maximum atomic E-state index is 12.9. The zero-order valence-electron chi connectivity index (χ0n) is 17.4. The molecule has 0 radical (unpaired) electrons. The summed E-state index contributed by atoms with van der Waals surface area (Å²) in [6, 6.07) is 10.6. The number of rotatable bonds is 8. The molecule has 1 aliphatic rings. The Hall–Kier alpha value is -3.20. The molecular formula is C22H24N4O4S. The summed E-state index contributed by atoms with van der Waals surface area (Å²) in [5.74, 6) is 3.00. The van der Waals surface area contributed by atoms with Crippen molar-refractivity contribution in [3.63, 3.8) is 0 Å². The average Bonchev–Trinajstić information content (AvgIpc) is 3.46. The lowest BCUT2D eigenvalue weighted by Gasteiger charge is -2.12. The van der Waals surface area contributed by atoms with E-state index in [-0.39, 0.29) is 24.5 Å². The van der Waals surface area contributed by atoms with Crippen LogP contribution in [0.3, 0.4) is 0 Å². The molecule has 2 amide bonds. The number of aromatic nitrogens is 2. The van der Waals surface area contributed by atoms with Gasteiger partial charge in [0.25, 0.3) is 5.91 Å². The second-order valence-corrected chi connectivity index (χ2v) is 8.41. The molecule has 1 aliphatic heterocycles. The lowest BCUT2D eigenvalue weighted by molar-refractivity contribution is -0.122. The summed E-state index contributed by atoms with van der Waals surface area (Å²) in [6.45, 7) is 4.21. The summed E-state index contributed by atoms with van der Waals surface area (Å²) in [5.41, 5.74) is 2.38. The van der Waals surface area contributed by atoms with Crippen LogP contribution in [-0.2, 0) is 29.4 Å². The number of anilines is 1. The van der Waals surface area contributed by atoms with Crippen molar-refractivity contribution < 1.29 is 18.7 Å². The Labute approximate surface area is 184 Å². The molecule has 0 saturated carbocycles. The lowest BCUT2D eigenvalue weighted by Crippen LogP contribution is -2.28. The van der Waals surface area contributed by atoms with Crippen LogP contribution in [0.2, 0.25) is 0 Å². The SMILES string of the molecule is CC(C)Oc1ccc(C(=O)Nc2c3c(nn2CC(=O)NCc2ccco2)CSC3)cc1. The molecule has 0 saturated heterocycles. The standard InChI is InChI=1S/C22H24N4O4S/c1-14(2)30-16-7-5-15(6-8-16)22(28)24-21-18-12-31-13-19(18)25-26(21)11-20(27)23-10-17-4-3-9-29-17/h3-9,14H,10-13H2,1-2H3,(H,23,27)(H,24,28). The molecule has 0 atom stereocenters. The van der Waals surface area contributed by atoms with Crippen LogP contribution in [0.4, 0.5) is 5.82 Å². The van der Waals surface area contributed by atoms with Gasteiger partial charge in [0, 0.05) is 22.6 Å². The Morgan fingerprint density at radius 3 is 2.74 bits per heavy atom. The van der Waals surface area contributed by atoms with Gasteiger partial charge in [-0.05, 0) is 50.2 Å². The third-order valence-electron chi connectivity index (χ3n) is 4.67. The third kappa shape index (κ3) is 5.11. The van der Waals surface area contributed by atoms with Gasteiger partial charge in [-0.25, -0.2) is 4.68 Å². The molecule has 9 heteroatoms. The van der Waals surface area contributed by atoms with E-state index in [1.807, 2.05) is 13.8 Å². The molecule has 162 valence electrons. The van der Waals surface area contributed by atoms with Gasteiger partial charge in [0.2, 0.25) is 5.91 Å². The van der Waals surface area contributed by atoms with Crippen LogP contribution in [0.1, 0.15) is 41.2 Å². The predicted octanol–water partition coefficient (Wildman–Crippen LogP) is 3.58. The van der Waals surface area contributed by atoms with E-state index in [0.717, 1.165) is 22.8 Å². The number of hydrogen-bond donors (Lipinski definition) is 2. The van der Waals surface area contributed by atoms with Crippen molar-refractivity contribution in [2.45, 2.75) is 44.5 Å². The molecule has 31 heavy (non-hydrogen) atoms. The van der Waals surface area contributed by atoms with Crippen LogP contribution in [-0.4, -0.2) is 27.7 Å². The van der Waals surface area contributed by atoms with E-state index >= 15 is 0 Å². The summed E-state index contributed by atoms with van der Waals surface area (Å²) < 4.78 is 12.4. The van der Waals surface area contributed by atoms with Gasteiger partial charge in [-0.1, -0.05) is 0 Å². The van der Waals surface area contributed by atoms with E-state index in [2.05, 4.69) is 15.7 Å². The summed E-state index contributed by atoms with van der Waals surface area (Å²) in [5, 5.41) is 10.3. The predicted molar refractivity (Wildman–Crippen MR) is 118 cm³/mol. The Balaban J connectivity index is 1.46. The Bertz CT molecular complexity index is 1060. The number of ether oxygens (including phenoxy) is 1. The van der Waals surface area contributed by atoms with E-state index < -0.39 is 0 Å². The van der Waals surface area contributed by atoms with E-state index in [1.54, 1.807) is 59.1 Å². The van der Waals surface area contributed by atoms with E-state index in [0.29, 0.717) is 29.4 Å². The number of carbonyl (C=O) groups is 2. The summed E-state index contributed by atoms with van der Waals surface area (Å²) in [7, 11) is 0. The van der Waals surface area contributed by atoms with Crippen molar-refractivity contribution in [2.24, 2.45) is 0 Å². The van der Waals surface area contributed by atoms with Crippen LogP contribution < -0.4 is 15.4 Å². The molecule has 2 N–H and O–H groups in total. The fraction of sp³-hybridized carbons (Fsp3) is 0.318. The second kappa shape index (κ2) is 9.30. The zero-order valence-corrected chi connectivity index (χ0v) is 18.2.